The van der Waals surface area contributed by atoms with Crippen molar-refractivity contribution < 1.29 is 32.6 Å². The number of ether oxygens (including phenoxy) is 2. The lowest BCUT2D eigenvalue weighted by Crippen LogP contribution is -2.50. The highest BCUT2D eigenvalue weighted by molar-refractivity contribution is 6.07. The number of hydrogen-bond acceptors (Lipinski definition) is 9. The zero-order valence-corrected chi connectivity index (χ0v) is 26.1. The summed E-state index contributed by atoms with van der Waals surface area (Å²) in [6, 6.07) is 13.0. The average Bonchev–Trinajstić information content (AvgIpc) is 3.42. The Morgan fingerprint density at radius 3 is 2.53 bits per heavy atom. The quantitative estimate of drug-likeness (QED) is 0.298. The van der Waals surface area contributed by atoms with Crippen LogP contribution in [0.4, 0.5) is 8.78 Å². The third kappa shape index (κ3) is 7.93. The van der Waals surface area contributed by atoms with Crippen LogP contribution in [-0.4, -0.2) is 115 Å². The molecule has 5 rings (SSSR count). The minimum atomic E-state index is -3.14. The van der Waals surface area contributed by atoms with Crippen LogP contribution in [-0.2, 0) is 9.59 Å². The smallest absolute Gasteiger partial charge is 0.268 e. The van der Waals surface area contributed by atoms with Gasteiger partial charge in [-0.05, 0) is 47.9 Å². The first-order valence-corrected chi connectivity index (χ1v) is 15.4. The van der Waals surface area contributed by atoms with E-state index in [-0.39, 0.29) is 18.0 Å². The summed E-state index contributed by atoms with van der Waals surface area (Å²) < 4.78 is 39.2. The summed E-state index contributed by atoms with van der Waals surface area (Å²) in [4.78, 5) is 46.8. The summed E-state index contributed by atoms with van der Waals surface area (Å²) in [6.45, 7) is 2.83. The number of carbonyl (C=O) groups excluding carboxylic acids is 3. The second-order valence-electron chi connectivity index (χ2n) is 11.5. The molecule has 3 amide bonds. The first-order chi connectivity index (χ1) is 22.6. The van der Waals surface area contributed by atoms with Crippen molar-refractivity contribution in [3.63, 3.8) is 0 Å². The number of alkyl halides is 2. The molecule has 2 aliphatic heterocycles. The number of methoxy groups -OCH3 is 1. The van der Waals surface area contributed by atoms with Crippen LogP contribution in [0.2, 0.25) is 0 Å². The maximum Gasteiger partial charge on any atom is 0.268 e. The van der Waals surface area contributed by atoms with Crippen molar-refractivity contribution in [1.82, 2.24) is 25.0 Å². The summed E-state index contributed by atoms with van der Waals surface area (Å²) in [5.74, 6) is -3.37. The van der Waals surface area contributed by atoms with Gasteiger partial charge in [0, 0.05) is 50.7 Å². The van der Waals surface area contributed by atoms with Crippen LogP contribution >= 0.6 is 0 Å². The van der Waals surface area contributed by atoms with Crippen molar-refractivity contribution in [2.24, 2.45) is 5.73 Å². The zero-order valence-electron chi connectivity index (χ0n) is 26.1. The Labute approximate surface area is 271 Å². The van der Waals surface area contributed by atoms with E-state index in [1.165, 1.54) is 12.3 Å². The van der Waals surface area contributed by atoms with E-state index in [0.29, 0.717) is 42.1 Å². The highest BCUT2D eigenvalue weighted by Gasteiger charge is 2.47. The van der Waals surface area contributed by atoms with E-state index in [0.717, 1.165) is 42.1 Å². The number of likely N-dealkylation sites (tertiary alicyclic amines) is 1. The number of nitrogens with zero attached hydrogens (tertiary/aromatic N) is 5. The number of aromatic nitrogens is 1. The van der Waals surface area contributed by atoms with Crippen molar-refractivity contribution in [2.75, 3.05) is 66.1 Å². The lowest BCUT2D eigenvalue weighted by Gasteiger charge is -2.34. The Morgan fingerprint density at radius 2 is 1.81 bits per heavy atom. The SMILES string of the molecule is COc1ccc(-c2ccc3nccc(C(=O)NCC(=O)N4CC(F)(F)C[C@H]4C#N)c3c2)cc1OCCCN1CCN(C(=O)CN)CC1. The molecule has 12 nitrogen and oxygen atoms in total. The number of piperazine rings is 1. The van der Waals surface area contributed by atoms with E-state index in [2.05, 4.69) is 15.2 Å². The molecule has 3 N–H and O–H groups in total. The van der Waals surface area contributed by atoms with Gasteiger partial charge in [0.05, 0.1) is 50.5 Å². The summed E-state index contributed by atoms with van der Waals surface area (Å²) in [5, 5.41) is 12.2. The molecule has 2 aliphatic rings. The molecule has 0 radical (unpaired) electrons. The standard InChI is InChI=1S/C33H37F2N7O5/c1-46-28-6-4-23(16-29(28)47-14-2-9-40-10-12-41(13-11-40)30(43)19-37)22-3-5-27-26(15-22)25(7-8-38-27)32(45)39-20-31(44)42-21-33(34,35)17-24(42)18-36/h3-8,15-16,24H,2,9-14,17,19-21,37H2,1H3,(H,39,45)/t24-/m0/s1. The van der Waals surface area contributed by atoms with Gasteiger partial charge in [0.2, 0.25) is 11.8 Å². The number of nitriles is 1. The van der Waals surface area contributed by atoms with Crippen molar-refractivity contribution in [3.8, 4) is 28.7 Å². The first kappa shape index (κ1) is 33.5. The van der Waals surface area contributed by atoms with Gasteiger partial charge in [-0.3, -0.25) is 24.3 Å². The van der Waals surface area contributed by atoms with E-state index in [4.69, 9.17) is 15.2 Å². The van der Waals surface area contributed by atoms with Crippen molar-refractivity contribution >= 4 is 28.6 Å². The molecule has 2 fully saturated rings. The molecule has 3 heterocycles. The maximum absolute atomic E-state index is 13.8. The van der Waals surface area contributed by atoms with E-state index >= 15 is 0 Å². The van der Waals surface area contributed by atoms with Crippen LogP contribution in [0.3, 0.4) is 0 Å². The number of nitrogens with two attached hydrogens (primary N) is 1. The predicted molar refractivity (Wildman–Crippen MR) is 169 cm³/mol. The number of pyridine rings is 1. The molecule has 248 valence electrons. The van der Waals surface area contributed by atoms with E-state index < -0.39 is 43.3 Å². The maximum atomic E-state index is 13.8. The fourth-order valence-corrected chi connectivity index (χ4v) is 5.86. The number of fused-ring (bicyclic) bond motifs is 1. The number of halogens is 2. The highest BCUT2D eigenvalue weighted by Crippen LogP contribution is 2.34. The third-order valence-electron chi connectivity index (χ3n) is 8.40. The number of rotatable bonds is 11. The molecule has 0 aliphatic carbocycles. The van der Waals surface area contributed by atoms with Gasteiger partial charge in [0.1, 0.15) is 6.04 Å². The normalized spacial score (nSPS) is 17.7. The summed E-state index contributed by atoms with van der Waals surface area (Å²) in [5.41, 5.74) is 7.87. The van der Waals surface area contributed by atoms with Gasteiger partial charge in [0.25, 0.3) is 11.8 Å². The largest absolute Gasteiger partial charge is 0.493 e. The molecule has 2 saturated heterocycles. The molecule has 1 atom stereocenters. The van der Waals surface area contributed by atoms with Gasteiger partial charge in [-0.1, -0.05) is 12.1 Å². The van der Waals surface area contributed by atoms with Crippen LogP contribution < -0.4 is 20.5 Å². The molecule has 47 heavy (non-hydrogen) atoms. The molecule has 1 aromatic heterocycles. The lowest BCUT2D eigenvalue weighted by atomic mass is 10.00. The van der Waals surface area contributed by atoms with Crippen LogP contribution in [0.15, 0.2) is 48.7 Å². The number of amides is 3. The second kappa shape index (κ2) is 14.7. The summed E-state index contributed by atoms with van der Waals surface area (Å²) >= 11 is 0. The average molecular weight is 650 g/mol. The molecular weight excluding hydrogens is 612 g/mol. The van der Waals surface area contributed by atoms with Gasteiger partial charge >= 0.3 is 0 Å². The van der Waals surface area contributed by atoms with Crippen LogP contribution in [0.25, 0.3) is 22.0 Å². The molecule has 0 unspecified atom stereocenters. The Balaban J connectivity index is 1.24. The Bertz CT molecular complexity index is 1670. The molecule has 0 bridgehead atoms. The van der Waals surface area contributed by atoms with E-state index in [1.54, 1.807) is 30.2 Å². The minimum Gasteiger partial charge on any atom is -0.493 e. The van der Waals surface area contributed by atoms with Gasteiger partial charge in [-0.25, -0.2) is 8.78 Å². The number of benzene rings is 2. The second-order valence-corrected chi connectivity index (χ2v) is 11.5. The first-order valence-electron chi connectivity index (χ1n) is 15.4. The van der Waals surface area contributed by atoms with Crippen molar-refractivity contribution in [3.05, 3.63) is 54.2 Å². The van der Waals surface area contributed by atoms with Gasteiger partial charge in [0.15, 0.2) is 11.5 Å². The molecular formula is C33H37F2N7O5. The Hall–Kier alpha value is -4.87. The van der Waals surface area contributed by atoms with E-state index in [1.807, 2.05) is 24.3 Å². The van der Waals surface area contributed by atoms with Gasteiger partial charge < -0.3 is 30.3 Å². The molecule has 3 aromatic rings. The summed E-state index contributed by atoms with van der Waals surface area (Å²) in [7, 11) is 1.57. The Kier molecular flexibility index (Phi) is 10.5. The molecule has 0 spiro atoms. The minimum absolute atomic E-state index is 0.0289. The highest BCUT2D eigenvalue weighted by atomic mass is 19.3. The van der Waals surface area contributed by atoms with Crippen LogP contribution in [0.5, 0.6) is 11.5 Å². The number of nitrogens with one attached hydrogen (secondary N) is 1. The zero-order chi connectivity index (χ0) is 33.6. The van der Waals surface area contributed by atoms with Gasteiger partial charge in [-0.2, -0.15) is 5.26 Å². The van der Waals surface area contributed by atoms with E-state index in [9.17, 15) is 28.4 Å². The fourth-order valence-electron chi connectivity index (χ4n) is 5.86. The van der Waals surface area contributed by atoms with Crippen LogP contribution in [0.1, 0.15) is 23.2 Å². The molecule has 0 saturated carbocycles. The predicted octanol–water partition coefficient (Wildman–Crippen LogP) is 2.27. The number of hydrogen-bond donors (Lipinski definition) is 2. The molecule has 14 heteroatoms. The molecule has 2 aromatic carbocycles. The third-order valence-corrected chi connectivity index (χ3v) is 8.40. The van der Waals surface area contributed by atoms with Crippen LogP contribution in [0, 0.1) is 11.3 Å². The Morgan fingerprint density at radius 1 is 1.06 bits per heavy atom. The van der Waals surface area contributed by atoms with Gasteiger partial charge in [-0.15, -0.1) is 0 Å². The monoisotopic (exact) mass is 649 g/mol. The lowest BCUT2D eigenvalue weighted by molar-refractivity contribution is -0.132. The topological polar surface area (TPSA) is 154 Å². The fraction of sp³-hybridized carbons (Fsp3) is 0.424. The van der Waals surface area contributed by atoms with Crippen molar-refractivity contribution in [2.45, 2.75) is 24.8 Å². The number of carbonyl (C=O) groups is 3. The summed E-state index contributed by atoms with van der Waals surface area (Å²) in [6.07, 6.45) is 1.53. The van der Waals surface area contributed by atoms with Crippen molar-refractivity contribution in [1.29, 1.82) is 5.26 Å².